The number of hydrogen-bond donors (Lipinski definition) is 2. The molecular weight excluding hydrogens is 342 g/mol. The van der Waals surface area contributed by atoms with Crippen LogP contribution in [-0.4, -0.2) is 30.6 Å². The number of benzene rings is 1. The summed E-state index contributed by atoms with van der Waals surface area (Å²) in [6.07, 6.45) is 2.46. The van der Waals surface area contributed by atoms with Crippen molar-refractivity contribution in [2.45, 2.75) is 25.8 Å². The lowest BCUT2D eigenvalue weighted by Crippen LogP contribution is -2.38. The van der Waals surface area contributed by atoms with Crippen LogP contribution in [0.5, 0.6) is 0 Å². The van der Waals surface area contributed by atoms with Gasteiger partial charge in [0.1, 0.15) is 0 Å². The Bertz CT molecular complexity index is 684. The predicted octanol–water partition coefficient (Wildman–Crippen LogP) is 4.67. The number of rotatable bonds is 5. The molecule has 24 heavy (non-hydrogen) atoms. The third-order valence-electron chi connectivity index (χ3n) is 4.34. The quantitative estimate of drug-likeness (QED) is 0.810. The van der Waals surface area contributed by atoms with E-state index in [9.17, 15) is 4.79 Å². The van der Waals surface area contributed by atoms with Gasteiger partial charge in [-0.1, -0.05) is 23.7 Å². The van der Waals surface area contributed by atoms with Gasteiger partial charge in [-0.05, 0) is 62.0 Å². The summed E-state index contributed by atoms with van der Waals surface area (Å²) in [6, 6.07) is 9.79. The van der Waals surface area contributed by atoms with Crippen molar-refractivity contribution >= 4 is 34.7 Å². The Morgan fingerprint density at radius 1 is 1.33 bits per heavy atom. The average Bonchev–Trinajstić information content (AvgIpc) is 3.25. The molecule has 1 aliphatic heterocycles. The van der Waals surface area contributed by atoms with Crippen LogP contribution in [0.3, 0.4) is 0 Å². The topological polar surface area (TPSA) is 44.4 Å². The number of anilines is 1. The first-order chi connectivity index (χ1) is 11.6. The zero-order valence-electron chi connectivity index (χ0n) is 13.7. The maximum Gasteiger partial charge on any atom is 0.319 e. The van der Waals surface area contributed by atoms with Crippen LogP contribution >= 0.6 is 22.9 Å². The number of amides is 2. The van der Waals surface area contributed by atoms with E-state index >= 15 is 0 Å². The lowest BCUT2D eigenvalue weighted by molar-refractivity contribution is 0.229. The number of thiophene rings is 1. The van der Waals surface area contributed by atoms with Gasteiger partial charge in [0.2, 0.25) is 0 Å². The lowest BCUT2D eigenvalue weighted by atomic mass is 10.2. The molecule has 1 aliphatic rings. The smallest absolute Gasteiger partial charge is 0.319 e. The molecule has 0 aliphatic carbocycles. The van der Waals surface area contributed by atoms with Crippen molar-refractivity contribution in [3.05, 3.63) is 51.2 Å². The molecule has 2 heterocycles. The summed E-state index contributed by atoms with van der Waals surface area (Å²) in [5, 5.41) is 8.60. The van der Waals surface area contributed by atoms with Crippen LogP contribution in [0.15, 0.2) is 35.7 Å². The number of urea groups is 1. The number of aryl methyl sites for hydroxylation is 1. The maximum atomic E-state index is 12.2. The standard InChI is InChI=1S/C18H22ClN3OS/c1-13-6-7-14(11-15(13)19)21-18(23)20-12-16(17-5-4-10-24-17)22-8-2-3-9-22/h4-7,10-11,16H,2-3,8-9,12H2,1H3,(H2,20,21,23). The lowest BCUT2D eigenvalue weighted by Gasteiger charge is -2.27. The van der Waals surface area contributed by atoms with Crippen molar-refractivity contribution in [1.29, 1.82) is 0 Å². The molecule has 1 saturated heterocycles. The summed E-state index contributed by atoms with van der Waals surface area (Å²) in [6.45, 7) is 4.73. The molecule has 6 heteroatoms. The van der Waals surface area contributed by atoms with Crippen LogP contribution in [-0.2, 0) is 0 Å². The van der Waals surface area contributed by atoms with Gasteiger partial charge in [-0.3, -0.25) is 4.90 Å². The van der Waals surface area contributed by atoms with E-state index in [-0.39, 0.29) is 12.1 Å². The van der Waals surface area contributed by atoms with E-state index in [1.165, 1.54) is 17.7 Å². The number of hydrogen-bond acceptors (Lipinski definition) is 3. The third-order valence-corrected chi connectivity index (χ3v) is 5.72. The van der Waals surface area contributed by atoms with Crippen molar-refractivity contribution < 1.29 is 4.79 Å². The molecule has 2 N–H and O–H groups in total. The summed E-state index contributed by atoms with van der Waals surface area (Å²) in [5.41, 5.74) is 1.70. The van der Waals surface area contributed by atoms with E-state index in [0.717, 1.165) is 18.7 Å². The summed E-state index contributed by atoms with van der Waals surface area (Å²) < 4.78 is 0. The number of halogens is 1. The van der Waals surface area contributed by atoms with Crippen LogP contribution in [0.25, 0.3) is 0 Å². The molecule has 0 spiro atoms. The molecule has 0 saturated carbocycles. The van der Waals surface area contributed by atoms with E-state index in [1.54, 1.807) is 17.4 Å². The molecule has 1 unspecified atom stereocenters. The summed E-state index contributed by atoms with van der Waals surface area (Å²) >= 11 is 7.85. The zero-order chi connectivity index (χ0) is 16.9. The van der Waals surface area contributed by atoms with Crippen molar-refractivity contribution in [2.24, 2.45) is 0 Å². The maximum absolute atomic E-state index is 12.2. The molecular formula is C18H22ClN3OS. The minimum absolute atomic E-state index is 0.198. The van der Waals surface area contributed by atoms with Gasteiger partial charge < -0.3 is 10.6 Å². The first kappa shape index (κ1) is 17.3. The Morgan fingerprint density at radius 2 is 2.12 bits per heavy atom. The molecule has 2 amide bonds. The number of likely N-dealkylation sites (tertiary alicyclic amines) is 1. The molecule has 1 atom stereocenters. The molecule has 3 rings (SSSR count). The van der Waals surface area contributed by atoms with E-state index < -0.39 is 0 Å². The molecule has 1 fully saturated rings. The first-order valence-corrected chi connectivity index (χ1v) is 9.48. The molecule has 0 radical (unpaired) electrons. The monoisotopic (exact) mass is 363 g/mol. The van der Waals surface area contributed by atoms with Crippen LogP contribution in [0.1, 0.15) is 29.3 Å². The second-order valence-electron chi connectivity index (χ2n) is 6.07. The Labute approximate surface area is 151 Å². The fraction of sp³-hybridized carbons (Fsp3) is 0.389. The third kappa shape index (κ3) is 4.29. The van der Waals surface area contributed by atoms with Crippen molar-refractivity contribution in [2.75, 3.05) is 25.0 Å². The predicted molar refractivity (Wildman–Crippen MR) is 101 cm³/mol. The van der Waals surface area contributed by atoms with E-state index in [1.807, 2.05) is 19.1 Å². The van der Waals surface area contributed by atoms with Crippen molar-refractivity contribution in [3.8, 4) is 0 Å². The Hall–Kier alpha value is -1.56. The van der Waals surface area contributed by atoms with Crippen LogP contribution < -0.4 is 10.6 Å². The number of nitrogens with zero attached hydrogens (tertiary/aromatic N) is 1. The van der Waals surface area contributed by atoms with Gasteiger partial charge in [0.05, 0.1) is 6.04 Å². The van der Waals surface area contributed by atoms with E-state index in [0.29, 0.717) is 17.3 Å². The molecule has 2 aromatic rings. The number of carbonyl (C=O) groups excluding carboxylic acids is 1. The Kier molecular flexibility index (Phi) is 5.76. The fourth-order valence-corrected chi connectivity index (χ4v) is 4.02. The molecule has 128 valence electrons. The SMILES string of the molecule is Cc1ccc(NC(=O)NCC(c2cccs2)N2CCCC2)cc1Cl. The van der Waals surface area contributed by atoms with Gasteiger partial charge in [-0.15, -0.1) is 11.3 Å². The normalized spacial score (nSPS) is 16.1. The van der Waals surface area contributed by atoms with Gasteiger partial charge in [0.25, 0.3) is 0 Å². The van der Waals surface area contributed by atoms with Gasteiger partial charge in [0.15, 0.2) is 0 Å². The molecule has 4 nitrogen and oxygen atoms in total. The second kappa shape index (κ2) is 8.01. The largest absolute Gasteiger partial charge is 0.336 e. The number of nitrogens with one attached hydrogen (secondary N) is 2. The highest BCUT2D eigenvalue weighted by atomic mass is 35.5. The number of carbonyl (C=O) groups is 1. The van der Waals surface area contributed by atoms with Gasteiger partial charge in [-0.2, -0.15) is 0 Å². The highest BCUT2D eigenvalue weighted by Crippen LogP contribution is 2.28. The summed E-state index contributed by atoms with van der Waals surface area (Å²) in [4.78, 5) is 16.0. The highest BCUT2D eigenvalue weighted by molar-refractivity contribution is 7.10. The Morgan fingerprint density at radius 3 is 2.79 bits per heavy atom. The highest BCUT2D eigenvalue weighted by Gasteiger charge is 2.24. The van der Waals surface area contributed by atoms with Gasteiger partial charge in [0, 0.05) is 22.1 Å². The molecule has 1 aromatic carbocycles. The molecule has 1 aromatic heterocycles. The van der Waals surface area contributed by atoms with Gasteiger partial charge in [-0.25, -0.2) is 4.79 Å². The fourth-order valence-electron chi connectivity index (χ4n) is 2.98. The first-order valence-electron chi connectivity index (χ1n) is 8.22. The second-order valence-corrected chi connectivity index (χ2v) is 7.46. The van der Waals surface area contributed by atoms with E-state index in [2.05, 4.69) is 33.0 Å². The minimum Gasteiger partial charge on any atom is -0.336 e. The summed E-state index contributed by atoms with van der Waals surface area (Å²) in [5.74, 6) is 0. The Balaban J connectivity index is 1.59. The zero-order valence-corrected chi connectivity index (χ0v) is 15.3. The van der Waals surface area contributed by atoms with Crippen LogP contribution in [0.2, 0.25) is 5.02 Å². The van der Waals surface area contributed by atoms with E-state index in [4.69, 9.17) is 11.6 Å². The molecule has 0 bridgehead atoms. The van der Waals surface area contributed by atoms with Gasteiger partial charge >= 0.3 is 6.03 Å². The summed E-state index contributed by atoms with van der Waals surface area (Å²) in [7, 11) is 0. The van der Waals surface area contributed by atoms with Crippen LogP contribution in [0.4, 0.5) is 10.5 Å². The van der Waals surface area contributed by atoms with Crippen molar-refractivity contribution in [1.82, 2.24) is 10.2 Å². The minimum atomic E-state index is -0.198. The average molecular weight is 364 g/mol. The van der Waals surface area contributed by atoms with Crippen molar-refractivity contribution in [3.63, 3.8) is 0 Å². The van der Waals surface area contributed by atoms with Crippen LogP contribution in [0, 0.1) is 6.92 Å².